The Labute approximate surface area is 181 Å². The van der Waals surface area contributed by atoms with Crippen molar-refractivity contribution in [1.29, 1.82) is 0 Å². The number of hydrogen-bond donors (Lipinski definition) is 1. The first-order valence-electron chi connectivity index (χ1n) is 10.3. The van der Waals surface area contributed by atoms with Gasteiger partial charge in [-0.2, -0.15) is 9.78 Å². The van der Waals surface area contributed by atoms with Crippen molar-refractivity contribution in [2.75, 3.05) is 5.32 Å². The minimum absolute atomic E-state index is 0.220. The number of hydrogen-bond acceptors (Lipinski definition) is 3. The van der Waals surface area contributed by atoms with Gasteiger partial charge in [0.2, 0.25) is 0 Å². The number of amides is 1. The van der Waals surface area contributed by atoms with Gasteiger partial charge in [0.15, 0.2) is 0 Å². The van der Waals surface area contributed by atoms with Crippen LogP contribution in [-0.4, -0.2) is 21.4 Å². The maximum absolute atomic E-state index is 13.0. The number of aromatic nitrogens is 2. The third-order valence-corrected chi connectivity index (χ3v) is 5.37. The molecule has 0 atom stereocenters. The molecule has 5 nitrogen and oxygen atoms in total. The molecule has 5 heteroatoms. The van der Waals surface area contributed by atoms with Gasteiger partial charge in [-0.1, -0.05) is 60.7 Å². The van der Waals surface area contributed by atoms with Crippen molar-refractivity contribution in [1.82, 2.24) is 9.78 Å². The molecule has 31 heavy (non-hydrogen) atoms. The van der Waals surface area contributed by atoms with Gasteiger partial charge in [-0.05, 0) is 37.6 Å². The summed E-state index contributed by atoms with van der Waals surface area (Å²) in [6, 6.07) is 25.3. The summed E-state index contributed by atoms with van der Waals surface area (Å²) in [5.74, 6) is 0.875. The summed E-state index contributed by atoms with van der Waals surface area (Å²) in [6.07, 6.45) is 2.59. The van der Waals surface area contributed by atoms with Crippen molar-refractivity contribution in [3.8, 4) is 28.1 Å². The Morgan fingerprint density at radius 3 is 2.35 bits per heavy atom. The van der Waals surface area contributed by atoms with Crippen molar-refractivity contribution >= 4 is 11.7 Å². The lowest BCUT2D eigenvalue weighted by Crippen LogP contribution is -2.24. The van der Waals surface area contributed by atoms with Crippen LogP contribution in [0.3, 0.4) is 0 Å². The van der Waals surface area contributed by atoms with E-state index in [2.05, 4.69) is 24.3 Å². The highest BCUT2D eigenvalue weighted by atomic mass is 16.5. The predicted octanol–water partition coefficient (Wildman–Crippen LogP) is 6.01. The van der Waals surface area contributed by atoms with Crippen LogP contribution in [0.25, 0.3) is 22.4 Å². The van der Waals surface area contributed by atoms with Gasteiger partial charge >= 0.3 is 6.03 Å². The van der Waals surface area contributed by atoms with E-state index in [1.165, 1.54) is 4.68 Å². The van der Waals surface area contributed by atoms with Crippen LogP contribution >= 0.6 is 0 Å². The zero-order valence-electron chi connectivity index (χ0n) is 17.5. The molecule has 1 amide bonds. The highest BCUT2D eigenvalue weighted by Crippen LogP contribution is 2.36. The van der Waals surface area contributed by atoms with Gasteiger partial charge in [-0.15, -0.1) is 0 Å². The normalized spacial score (nSPS) is 14.0. The maximum atomic E-state index is 13.0. The van der Waals surface area contributed by atoms with Crippen molar-refractivity contribution in [3.05, 3.63) is 90.6 Å². The number of anilines is 1. The molecular weight excluding hydrogens is 386 g/mol. The summed E-state index contributed by atoms with van der Waals surface area (Å²) in [5.41, 5.74) is 5.25. The molecule has 0 spiro atoms. The molecule has 0 unspecified atom stereocenters. The first kappa shape index (κ1) is 19.1. The van der Waals surface area contributed by atoms with Gasteiger partial charge in [-0.25, -0.2) is 4.79 Å². The Morgan fingerprint density at radius 1 is 0.968 bits per heavy atom. The Morgan fingerprint density at radius 2 is 1.65 bits per heavy atom. The van der Waals surface area contributed by atoms with E-state index in [-0.39, 0.29) is 11.6 Å². The SMILES string of the molecule is CC1(C)Cc2cc(NC(=O)n3cc(-c4ccccc4)c(-c4ccccc4)n3)ccc2O1. The van der Waals surface area contributed by atoms with E-state index < -0.39 is 0 Å². The zero-order chi connectivity index (χ0) is 21.4. The highest BCUT2D eigenvalue weighted by Gasteiger charge is 2.30. The third-order valence-electron chi connectivity index (χ3n) is 5.37. The molecule has 1 aliphatic heterocycles. The molecule has 1 aliphatic rings. The Bertz CT molecular complexity index is 1190. The number of ether oxygens (including phenoxy) is 1. The smallest absolute Gasteiger partial charge is 0.346 e. The summed E-state index contributed by atoms with van der Waals surface area (Å²) < 4.78 is 7.30. The van der Waals surface area contributed by atoms with Crippen molar-refractivity contribution < 1.29 is 9.53 Å². The molecule has 3 aromatic carbocycles. The minimum atomic E-state index is -0.308. The van der Waals surface area contributed by atoms with Gasteiger partial charge in [-0.3, -0.25) is 0 Å². The number of fused-ring (bicyclic) bond motifs is 1. The van der Waals surface area contributed by atoms with E-state index in [9.17, 15) is 4.79 Å². The number of nitrogens with zero attached hydrogens (tertiary/aromatic N) is 2. The molecule has 154 valence electrons. The molecule has 2 heterocycles. The van der Waals surface area contributed by atoms with E-state index in [0.29, 0.717) is 0 Å². The fraction of sp³-hybridized carbons (Fsp3) is 0.154. The minimum Gasteiger partial charge on any atom is -0.487 e. The molecule has 0 fully saturated rings. The van der Waals surface area contributed by atoms with Crippen LogP contribution in [0.5, 0.6) is 5.75 Å². The number of benzene rings is 3. The fourth-order valence-corrected chi connectivity index (χ4v) is 3.98. The van der Waals surface area contributed by atoms with Gasteiger partial charge in [0.1, 0.15) is 17.0 Å². The zero-order valence-corrected chi connectivity index (χ0v) is 17.5. The first-order valence-corrected chi connectivity index (χ1v) is 10.3. The van der Waals surface area contributed by atoms with Crippen LogP contribution in [0, 0.1) is 0 Å². The molecule has 0 saturated carbocycles. The monoisotopic (exact) mass is 409 g/mol. The summed E-state index contributed by atoms with van der Waals surface area (Å²) in [6.45, 7) is 4.12. The average molecular weight is 409 g/mol. The quantitative estimate of drug-likeness (QED) is 0.451. The molecule has 1 aromatic heterocycles. The molecule has 0 aliphatic carbocycles. The van der Waals surface area contributed by atoms with Crippen LogP contribution in [-0.2, 0) is 6.42 Å². The van der Waals surface area contributed by atoms with Crippen LogP contribution in [0.2, 0.25) is 0 Å². The molecule has 5 rings (SSSR count). The first-order chi connectivity index (χ1) is 15.0. The summed E-state index contributed by atoms with van der Waals surface area (Å²) in [4.78, 5) is 13.0. The topological polar surface area (TPSA) is 56.2 Å². The molecule has 0 saturated heterocycles. The van der Waals surface area contributed by atoms with E-state index in [4.69, 9.17) is 4.74 Å². The lowest BCUT2D eigenvalue weighted by molar-refractivity contribution is 0.138. The lowest BCUT2D eigenvalue weighted by atomic mass is 10.0. The standard InChI is InChI=1S/C26H23N3O2/c1-26(2)16-20-15-21(13-14-23(20)31-26)27-25(30)29-17-22(18-9-5-3-6-10-18)24(28-29)19-11-7-4-8-12-19/h3-15,17H,16H2,1-2H3,(H,27,30). The van der Waals surface area contributed by atoms with Gasteiger partial charge in [0, 0.05) is 35.0 Å². The van der Waals surface area contributed by atoms with Crippen molar-refractivity contribution in [3.63, 3.8) is 0 Å². The average Bonchev–Trinajstić information content (AvgIpc) is 3.35. The van der Waals surface area contributed by atoms with Crippen LogP contribution in [0.1, 0.15) is 19.4 Å². The van der Waals surface area contributed by atoms with E-state index in [1.54, 1.807) is 6.20 Å². The lowest BCUT2D eigenvalue weighted by Gasteiger charge is -2.16. The molecule has 4 aromatic rings. The largest absolute Gasteiger partial charge is 0.487 e. The van der Waals surface area contributed by atoms with Crippen LogP contribution < -0.4 is 10.1 Å². The van der Waals surface area contributed by atoms with E-state index in [0.717, 1.165) is 45.8 Å². The predicted molar refractivity (Wildman–Crippen MR) is 122 cm³/mol. The van der Waals surface area contributed by atoms with E-state index in [1.807, 2.05) is 78.9 Å². The molecule has 0 bridgehead atoms. The van der Waals surface area contributed by atoms with Crippen molar-refractivity contribution in [2.45, 2.75) is 25.9 Å². The van der Waals surface area contributed by atoms with E-state index >= 15 is 0 Å². The second-order valence-electron chi connectivity index (χ2n) is 8.36. The van der Waals surface area contributed by atoms with Gasteiger partial charge in [0.05, 0.1) is 0 Å². The van der Waals surface area contributed by atoms with Crippen LogP contribution in [0.15, 0.2) is 85.1 Å². The Hall–Kier alpha value is -3.86. The number of carbonyl (C=O) groups excluding carboxylic acids is 1. The number of rotatable bonds is 3. The second kappa shape index (κ2) is 7.43. The van der Waals surface area contributed by atoms with Gasteiger partial charge in [0.25, 0.3) is 0 Å². The summed E-state index contributed by atoms with van der Waals surface area (Å²) >= 11 is 0. The summed E-state index contributed by atoms with van der Waals surface area (Å²) in [7, 11) is 0. The number of nitrogens with one attached hydrogen (secondary N) is 1. The molecule has 0 radical (unpaired) electrons. The second-order valence-corrected chi connectivity index (χ2v) is 8.36. The molecule has 1 N–H and O–H groups in total. The van der Waals surface area contributed by atoms with Gasteiger partial charge < -0.3 is 10.1 Å². The third kappa shape index (κ3) is 3.82. The fourth-order valence-electron chi connectivity index (χ4n) is 3.98. The highest BCUT2D eigenvalue weighted by molar-refractivity contribution is 5.93. The maximum Gasteiger partial charge on any atom is 0.346 e. The number of carbonyl (C=O) groups is 1. The summed E-state index contributed by atoms with van der Waals surface area (Å²) in [5, 5.41) is 7.59. The Kier molecular flexibility index (Phi) is 4.59. The van der Waals surface area contributed by atoms with Crippen molar-refractivity contribution in [2.24, 2.45) is 0 Å². The Balaban J connectivity index is 1.47. The van der Waals surface area contributed by atoms with Crippen LogP contribution in [0.4, 0.5) is 10.5 Å². The molecular formula is C26H23N3O2.